The molecule has 0 aliphatic carbocycles. The zero-order valence-corrected chi connectivity index (χ0v) is 13.0. The molecule has 124 valence electrons. The van der Waals surface area contributed by atoms with Gasteiger partial charge in [0.1, 0.15) is 5.82 Å². The van der Waals surface area contributed by atoms with Crippen LogP contribution in [0.3, 0.4) is 0 Å². The molecule has 0 spiro atoms. The van der Waals surface area contributed by atoms with Crippen LogP contribution in [0.1, 0.15) is 5.56 Å². The number of rotatable bonds is 4. The molecule has 0 saturated carbocycles. The van der Waals surface area contributed by atoms with E-state index < -0.39 is 5.51 Å². The lowest BCUT2D eigenvalue weighted by atomic mass is 10.1. The lowest BCUT2D eigenvalue weighted by Gasteiger charge is -2.07. The highest BCUT2D eigenvalue weighted by Gasteiger charge is 2.29. The molecule has 0 radical (unpaired) electrons. The van der Waals surface area contributed by atoms with Gasteiger partial charge >= 0.3 is 5.51 Å². The second-order valence-electron chi connectivity index (χ2n) is 5.05. The molecule has 0 unspecified atom stereocenters. The summed E-state index contributed by atoms with van der Waals surface area (Å²) in [5, 5.41) is 3.63. The van der Waals surface area contributed by atoms with Crippen LogP contribution in [0.4, 0.5) is 19.0 Å². The van der Waals surface area contributed by atoms with Crippen LogP contribution in [-0.2, 0) is 11.2 Å². The molecular weight excluding hydrogens is 339 g/mol. The Morgan fingerprint density at radius 3 is 2.75 bits per heavy atom. The first-order valence-corrected chi connectivity index (χ1v) is 7.78. The molecule has 2 N–H and O–H groups in total. The zero-order chi connectivity index (χ0) is 17.2. The van der Waals surface area contributed by atoms with Gasteiger partial charge in [-0.15, -0.1) is 0 Å². The molecular formula is C16H12F3N3OS. The Hall–Kier alpha value is -2.48. The quantitative estimate of drug-likeness (QED) is 0.687. The monoisotopic (exact) mass is 351 g/mol. The van der Waals surface area contributed by atoms with E-state index in [0.29, 0.717) is 0 Å². The average Bonchev–Trinajstić information content (AvgIpc) is 2.95. The van der Waals surface area contributed by atoms with Crippen LogP contribution in [0.15, 0.2) is 53.7 Å². The first-order chi connectivity index (χ1) is 11.4. The summed E-state index contributed by atoms with van der Waals surface area (Å²) in [6.07, 6.45) is 3.05. The van der Waals surface area contributed by atoms with E-state index in [1.165, 1.54) is 12.1 Å². The summed E-state index contributed by atoms with van der Waals surface area (Å²) in [6.45, 7) is 0. The SMILES string of the molecule is O=C(Cc1ccc2cc[nH]c2c1)Nc1ccc(SC(F)(F)F)cn1. The maximum atomic E-state index is 12.2. The number of thioether (sulfide) groups is 1. The van der Waals surface area contributed by atoms with Gasteiger partial charge in [0.25, 0.3) is 0 Å². The Kier molecular flexibility index (Phi) is 4.48. The van der Waals surface area contributed by atoms with E-state index in [2.05, 4.69) is 15.3 Å². The summed E-state index contributed by atoms with van der Waals surface area (Å²) in [5.74, 6) is -0.0721. The van der Waals surface area contributed by atoms with E-state index >= 15 is 0 Å². The zero-order valence-electron chi connectivity index (χ0n) is 12.2. The number of H-pyrrole nitrogens is 1. The Morgan fingerprint density at radius 1 is 1.21 bits per heavy atom. The van der Waals surface area contributed by atoms with E-state index in [1.807, 2.05) is 30.5 Å². The topological polar surface area (TPSA) is 57.8 Å². The summed E-state index contributed by atoms with van der Waals surface area (Å²) >= 11 is -0.246. The minimum atomic E-state index is -4.36. The number of aromatic amines is 1. The normalized spacial score (nSPS) is 11.6. The molecule has 0 aliphatic heterocycles. The van der Waals surface area contributed by atoms with Gasteiger partial charge in [-0.25, -0.2) is 4.98 Å². The molecule has 3 rings (SSSR count). The van der Waals surface area contributed by atoms with Gasteiger partial charge in [-0.1, -0.05) is 12.1 Å². The number of anilines is 1. The number of aromatic nitrogens is 2. The predicted molar refractivity (Wildman–Crippen MR) is 86.8 cm³/mol. The molecule has 1 amide bonds. The number of fused-ring (bicyclic) bond motifs is 1. The summed E-state index contributed by atoms with van der Waals surface area (Å²) in [5.41, 5.74) is -2.60. The Bertz CT molecular complexity index is 859. The summed E-state index contributed by atoms with van der Waals surface area (Å²) in [6, 6.07) is 10.2. The van der Waals surface area contributed by atoms with Crippen LogP contribution in [0.5, 0.6) is 0 Å². The second kappa shape index (κ2) is 6.56. The Balaban J connectivity index is 1.61. The number of benzene rings is 1. The third-order valence-corrected chi connectivity index (χ3v) is 3.93. The maximum absolute atomic E-state index is 12.2. The Morgan fingerprint density at radius 2 is 2.04 bits per heavy atom. The maximum Gasteiger partial charge on any atom is 0.446 e. The summed E-state index contributed by atoms with van der Waals surface area (Å²) in [4.78, 5) is 18.9. The molecule has 0 fully saturated rings. The van der Waals surface area contributed by atoms with Gasteiger partial charge in [-0.2, -0.15) is 13.2 Å². The van der Waals surface area contributed by atoms with Gasteiger partial charge in [-0.3, -0.25) is 4.79 Å². The fourth-order valence-corrected chi connectivity index (χ4v) is 2.73. The van der Waals surface area contributed by atoms with Crippen molar-refractivity contribution in [3.8, 4) is 0 Å². The van der Waals surface area contributed by atoms with Crippen LogP contribution in [-0.4, -0.2) is 21.4 Å². The molecule has 0 saturated heterocycles. The Labute approximate surface area is 139 Å². The van der Waals surface area contributed by atoms with Gasteiger partial charge in [0.2, 0.25) is 5.91 Å². The van der Waals surface area contributed by atoms with E-state index in [0.717, 1.165) is 22.7 Å². The molecule has 8 heteroatoms. The van der Waals surface area contributed by atoms with Crippen molar-refractivity contribution in [1.29, 1.82) is 0 Å². The second-order valence-corrected chi connectivity index (χ2v) is 6.19. The lowest BCUT2D eigenvalue weighted by molar-refractivity contribution is -0.115. The third kappa shape index (κ3) is 4.29. The summed E-state index contributed by atoms with van der Waals surface area (Å²) < 4.78 is 36.7. The van der Waals surface area contributed by atoms with Crippen LogP contribution < -0.4 is 5.32 Å². The van der Waals surface area contributed by atoms with Gasteiger partial charge in [-0.05, 0) is 47.0 Å². The van der Waals surface area contributed by atoms with Crippen molar-refractivity contribution >= 4 is 34.4 Å². The molecule has 4 nitrogen and oxygen atoms in total. The van der Waals surface area contributed by atoms with E-state index in [9.17, 15) is 18.0 Å². The molecule has 0 bridgehead atoms. The average molecular weight is 351 g/mol. The number of carbonyl (C=O) groups is 1. The molecule has 3 aromatic rings. The van der Waals surface area contributed by atoms with Crippen molar-refractivity contribution in [2.24, 2.45) is 0 Å². The third-order valence-electron chi connectivity index (χ3n) is 3.22. The highest BCUT2D eigenvalue weighted by atomic mass is 32.2. The van der Waals surface area contributed by atoms with E-state index in [-0.39, 0.29) is 34.8 Å². The minimum Gasteiger partial charge on any atom is -0.361 e. The fraction of sp³-hybridized carbons (Fsp3) is 0.125. The van der Waals surface area contributed by atoms with Crippen molar-refractivity contribution in [3.63, 3.8) is 0 Å². The van der Waals surface area contributed by atoms with Gasteiger partial charge < -0.3 is 10.3 Å². The first-order valence-electron chi connectivity index (χ1n) is 6.97. The van der Waals surface area contributed by atoms with Gasteiger partial charge in [0.05, 0.1) is 6.42 Å². The van der Waals surface area contributed by atoms with E-state index in [4.69, 9.17) is 0 Å². The largest absolute Gasteiger partial charge is 0.446 e. The van der Waals surface area contributed by atoms with Crippen LogP contribution in [0.25, 0.3) is 10.9 Å². The van der Waals surface area contributed by atoms with Gasteiger partial charge in [0.15, 0.2) is 0 Å². The molecule has 2 heterocycles. The number of hydrogen-bond acceptors (Lipinski definition) is 3. The number of alkyl halides is 3. The highest BCUT2D eigenvalue weighted by Crippen LogP contribution is 2.36. The number of nitrogens with zero attached hydrogens (tertiary/aromatic N) is 1. The number of halogens is 3. The predicted octanol–water partition coefficient (Wildman–Crippen LogP) is 4.36. The number of amides is 1. The van der Waals surface area contributed by atoms with Crippen molar-refractivity contribution in [1.82, 2.24) is 9.97 Å². The van der Waals surface area contributed by atoms with Crippen LogP contribution in [0, 0.1) is 0 Å². The highest BCUT2D eigenvalue weighted by molar-refractivity contribution is 8.00. The molecule has 24 heavy (non-hydrogen) atoms. The van der Waals surface area contributed by atoms with Crippen molar-refractivity contribution in [2.75, 3.05) is 5.32 Å². The number of carbonyl (C=O) groups excluding carboxylic acids is 1. The fourth-order valence-electron chi connectivity index (χ4n) is 2.23. The van der Waals surface area contributed by atoms with Crippen LogP contribution >= 0.6 is 11.8 Å². The number of nitrogens with one attached hydrogen (secondary N) is 2. The lowest BCUT2D eigenvalue weighted by Crippen LogP contribution is -2.15. The van der Waals surface area contributed by atoms with Crippen molar-refractivity contribution in [2.45, 2.75) is 16.8 Å². The van der Waals surface area contributed by atoms with Crippen molar-refractivity contribution in [3.05, 3.63) is 54.4 Å². The van der Waals surface area contributed by atoms with E-state index in [1.54, 1.807) is 0 Å². The number of pyridine rings is 1. The van der Waals surface area contributed by atoms with Gasteiger partial charge in [0, 0.05) is 22.8 Å². The number of hydrogen-bond donors (Lipinski definition) is 2. The molecule has 0 aliphatic rings. The van der Waals surface area contributed by atoms with Crippen molar-refractivity contribution < 1.29 is 18.0 Å². The first kappa shape index (κ1) is 16.4. The summed E-state index contributed by atoms with van der Waals surface area (Å²) in [7, 11) is 0. The molecule has 2 aromatic heterocycles. The van der Waals surface area contributed by atoms with Crippen LogP contribution in [0.2, 0.25) is 0 Å². The smallest absolute Gasteiger partial charge is 0.361 e. The standard InChI is InChI=1S/C16H12F3N3OS/c17-16(18,19)24-12-3-4-14(21-9-12)22-15(23)8-10-1-2-11-5-6-20-13(11)7-10/h1-7,9,20H,8H2,(H,21,22,23). The molecule has 1 aromatic carbocycles. The molecule has 0 atom stereocenters. The minimum absolute atomic E-state index is 0.0299.